The Morgan fingerprint density at radius 3 is 2.64 bits per heavy atom. The third-order valence-electron chi connectivity index (χ3n) is 1.65. The van der Waals surface area contributed by atoms with Gasteiger partial charge in [-0.05, 0) is 24.5 Å². The van der Waals surface area contributed by atoms with Crippen molar-refractivity contribution in [1.29, 1.82) is 0 Å². The predicted octanol–water partition coefficient (Wildman–Crippen LogP) is 3.61. The molecule has 59 valence electrons. The molecule has 0 amide bonds. The average molecular weight is 212 g/mol. The largest absolute Gasteiger partial charge is 0.0619 e. The van der Waals surface area contributed by atoms with Crippen LogP contribution in [0.3, 0.4) is 0 Å². The topological polar surface area (TPSA) is 0 Å². The van der Waals surface area contributed by atoms with E-state index in [1.54, 1.807) is 0 Å². The first-order valence-corrected chi connectivity index (χ1v) is 4.66. The van der Waals surface area contributed by atoms with Crippen LogP contribution in [0, 0.1) is 6.92 Å². The Kier molecular flexibility index (Phi) is 3.64. The molecule has 1 heteroatoms. The molecular formula is C10H12Br. The first kappa shape index (κ1) is 8.79. The van der Waals surface area contributed by atoms with Crippen LogP contribution < -0.4 is 0 Å². The van der Waals surface area contributed by atoms with Gasteiger partial charge in [0, 0.05) is 4.47 Å². The average Bonchev–Trinajstić information content (AvgIpc) is 2.03. The summed E-state index contributed by atoms with van der Waals surface area (Å²) in [6, 6.07) is 8.35. The van der Waals surface area contributed by atoms with Crippen LogP contribution in [0.2, 0.25) is 0 Å². The van der Waals surface area contributed by atoms with Crippen LogP contribution in [0.15, 0.2) is 28.7 Å². The molecule has 0 atom stereocenters. The second-order valence-corrected chi connectivity index (χ2v) is 3.40. The Balaban J connectivity index is 2.62. The normalized spacial score (nSPS) is 10.0. The SMILES string of the molecule is [CH2]CCCc1ccccc1Br. The number of halogens is 1. The second-order valence-electron chi connectivity index (χ2n) is 2.55. The third kappa shape index (κ3) is 2.66. The molecule has 0 heterocycles. The van der Waals surface area contributed by atoms with Crippen LogP contribution in [-0.2, 0) is 6.42 Å². The predicted molar refractivity (Wildman–Crippen MR) is 52.4 cm³/mol. The van der Waals surface area contributed by atoms with Gasteiger partial charge >= 0.3 is 0 Å². The molecule has 1 aromatic carbocycles. The summed E-state index contributed by atoms with van der Waals surface area (Å²) >= 11 is 3.51. The highest BCUT2D eigenvalue weighted by Gasteiger charge is 1.95. The number of hydrogen-bond acceptors (Lipinski definition) is 0. The van der Waals surface area contributed by atoms with Crippen LogP contribution in [0.5, 0.6) is 0 Å². The fraction of sp³-hybridized carbons (Fsp3) is 0.300. The van der Waals surface area contributed by atoms with E-state index >= 15 is 0 Å². The molecule has 0 N–H and O–H groups in total. The quantitative estimate of drug-likeness (QED) is 0.717. The van der Waals surface area contributed by atoms with E-state index in [2.05, 4.69) is 41.1 Å². The highest BCUT2D eigenvalue weighted by atomic mass is 79.9. The monoisotopic (exact) mass is 211 g/mol. The van der Waals surface area contributed by atoms with E-state index in [1.165, 1.54) is 16.5 Å². The van der Waals surface area contributed by atoms with Gasteiger partial charge < -0.3 is 0 Å². The Bertz CT molecular complexity index is 218. The van der Waals surface area contributed by atoms with Gasteiger partial charge in [-0.1, -0.05) is 47.5 Å². The summed E-state index contributed by atoms with van der Waals surface area (Å²) in [6.45, 7) is 3.82. The first-order valence-electron chi connectivity index (χ1n) is 3.87. The number of rotatable bonds is 3. The van der Waals surface area contributed by atoms with Crippen molar-refractivity contribution < 1.29 is 0 Å². The van der Waals surface area contributed by atoms with Crippen molar-refractivity contribution in [1.82, 2.24) is 0 Å². The zero-order valence-electron chi connectivity index (χ0n) is 6.52. The molecule has 0 bridgehead atoms. The standard InChI is InChI=1S/C10H12Br/c1-2-3-6-9-7-4-5-8-10(9)11/h4-5,7-8H,1-3,6H2. The minimum Gasteiger partial charge on any atom is -0.0619 e. The molecule has 11 heavy (non-hydrogen) atoms. The van der Waals surface area contributed by atoms with Crippen molar-refractivity contribution in [3.63, 3.8) is 0 Å². The molecule has 0 unspecified atom stereocenters. The van der Waals surface area contributed by atoms with Gasteiger partial charge in [0.15, 0.2) is 0 Å². The summed E-state index contributed by atoms with van der Waals surface area (Å²) in [5, 5.41) is 0. The molecule has 0 aliphatic rings. The molecule has 1 rings (SSSR count). The lowest BCUT2D eigenvalue weighted by atomic mass is 10.1. The Hall–Kier alpha value is -0.300. The summed E-state index contributed by atoms with van der Waals surface area (Å²) in [5.74, 6) is 0. The van der Waals surface area contributed by atoms with Gasteiger partial charge in [-0.2, -0.15) is 0 Å². The molecule has 0 aromatic heterocycles. The maximum Gasteiger partial charge on any atom is 0.0207 e. The highest BCUT2D eigenvalue weighted by Crippen LogP contribution is 2.17. The van der Waals surface area contributed by atoms with Gasteiger partial charge in [-0.25, -0.2) is 0 Å². The third-order valence-corrected chi connectivity index (χ3v) is 2.43. The van der Waals surface area contributed by atoms with Crippen LogP contribution in [0.25, 0.3) is 0 Å². The van der Waals surface area contributed by atoms with E-state index in [1.807, 2.05) is 6.07 Å². The van der Waals surface area contributed by atoms with Gasteiger partial charge in [0.05, 0.1) is 0 Å². The van der Waals surface area contributed by atoms with E-state index in [4.69, 9.17) is 0 Å². The maximum absolute atomic E-state index is 3.82. The lowest BCUT2D eigenvalue weighted by molar-refractivity contribution is 0.838. The zero-order valence-corrected chi connectivity index (χ0v) is 8.10. The summed E-state index contributed by atoms with van der Waals surface area (Å²) < 4.78 is 1.22. The minimum absolute atomic E-state index is 1.02. The first-order chi connectivity index (χ1) is 5.34. The van der Waals surface area contributed by atoms with Crippen LogP contribution >= 0.6 is 15.9 Å². The summed E-state index contributed by atoms with van der Waals surface area (Å²) in [6.07, 6.45) is 3.31. The van der Waals surface area contributed by atoms with Gasteiger partial charge in [0.2, 0.25) is 0 Å². The molecule has 1 aromatic rings. The van der Waals surface area contributed by atoms with Crippen molar-refractivity contribution in [2.45, 2.75) is 19.3 Å². The molecule has 0 saturated heterocycles. The molecule has 0 aliphatic carbocycles. The summed E-state index contributed by atoms with van der Waals surface area (Å²) in [7, 11) is 0. The van der Waals surface area contributed by atoms with Gasteiger partial charge in [0.25, 0.3) is 0 Å². The van der Waals surface area contributed by atoms with Gasteiger partial charge in [-0.3, -0.25) is 0 Å². The van der Waals surface area contributed by atoms with E-state index in [9.17, 15) is 0 Å². The highest BCUT2D eigenvalue weighted by molar-refractivity contribution is 9.10. The molecule has 0 aliphatic heterocycles. The molecule has 0 saturated carbocycles. The van der Waals surface area contributed by atoms with Crippen molar-refractivity contribution in [3.8, 4) is 0 Å². The lowest BCUT2D eigenvalue weighted by Crippen LogP contribution is -1.84. The molecule has 0 fully saturated rings. The Morgan fingerprint density at radius 2 is 2.00 bits per heavy atom. The second kappa shape index (κ2) is 4.55. The number of aryl methyl sites for hydroxylation is 1. The van der Waals surface area contributed by atoms with Crippen molar-refractivity contribution in [3.05, 3.63) is 41.2 Å². The number of unbranched alkanes of at least 4 members (excludes halogenated alkanes) is 1. The van der Waals surface area contributed by atoms with E-state index in [0.717, 1.165) is 12.8 Å². The molecule has 1 radical (unpaired) electrons. The molecule has 0 spiro atoms. The number of benzene rings is 1. The zero-order chi connectivity index (χ0) is 8.10. The number of hydrogen-bond donors (Lipinski definition) is 0. The Morgan fingerprint density at radius 1 is 1.27 bits per heavy atom. The van der Waals surface area contributed by atoms with Gasteiger partial charge in [-0.15, -0.1) is 0 Å². The summed E-state index contributed by atoms with van der Waals surface area (Å²) in [4.78, 5) is 0. The van der Waals surface area contributed by atoms with Crippen LogP contribution in [0.1, 0.15) is 18.4 Å². The van der Waals surface area contributed by atoms with Crippen molar-refractivity contribution in [2.24, 2.45) is 0 Å². The smallest absolute Gasteiger partial charge is 0.0207 e. The Labute approximate surface area is 76.8 Å². The van der Waals surface area contributed by atoms with Crippen molar-refractivity contribution in [2.75, 3.05) is 0 Å². The fourth-order valence-corrected chi connectivity index (χ4v) is 1.50. The van der Waals surface area contributed by atoms with E-state index in [0.29, 0.717) is 0 Å². The molecular weight excluding hydrogens is 200 g/mol. The molecule has 0 nitrogen and oxygen atoms in total. The van der Waals surface area contributed by atoms with E-state index < -0.39 is 0 Å². The van der Waals surface area contributed by atoms with Gasteiger partial charge in [0.1, 0.15) is 0 Å². The summed E-state index contributed by atoms with van der Waals surface area (Å²) in [5.41, 5.74) is 1.39. The maximum atomic E-state index is 3.82. The van der Waals surface area contributed by atoms with Crippen molar-refractivity contribution >= 4 is 15.9 Å². The lowest BCUT2D eigenvalue weighted by Gasteiger charge is -2.01. The minimum atomic E-state index is 1.02. The fourth-order valence-electron chi connectivity index (χ4n) is 1.02. The van der Waals surface area contributed by atoms with Crippen LogP contribution in [0.4, 0.5) is 0 Å². The van der Waals surface area contributed by atoms with Crippen LogP contribution in [-0.4, -0.2) is 0 Å². The van der Waals surface area contributed by atoms with E-state index in [-0.39, 0.29) is 0 Å².